The maximum atomic E-state index is 12.6. The molecule has 0 aliphatic carbocycles. The fourth-order valence-corrected chi connectivity index (χ4v) is 5.07. The molecule has 10 heteroatoms. The third-order valence-corrected chi connectivity index (χ3v) is 6.41. The second-order valence-electron chi connectivity index (χ2n) is 4.44. The zero-order valence-corrected chi connectivity index (χ0v) is 14.7. The highest BCUT2D eigenvalue weighted by atomic mass is 35.5. The lowest BCUT2D eigenvalue weighted by atomic mass is 10.4. The Morgan fingerprint density at radius 3 is 2.43 bits per heavy atom. The lowest BCUT2D eigenvalue weighted by molar-refractivity contribution is 0.0602. The number of hydrogen-bond donors (Lipinski definition) is 0. The van der Waals surface area contributed by atoms with Crippen LogP contribution in [0.15, 0.2) is 11.0 Å². The summed E-state index contributed by atoms with van der Waals surface area (Å²) in [6, 6.07) is 1.31. The molecular formula is C11H16Cl2N2O4S2. The highest BCUT2D eigenvalue weighted by molar-refractivity contribution is 7.89. The first-order chi connectivity index (χ1) is 9.36. The molecule has 1 aromatic heterocycles. The summed E-state index contributed by atoms with van der Waals surface area (Å²) in [7, 11) is -0.572. The molecule has 1 aromatic rings. The highest BCUT2D eigenvalue weighted by Crippen LogP contribution is 2.32. The first-order valence-corrected chi connectivity index (χ1v) is 8.56. The topological polar surface area (TPSA) is 66.9 Å². The number of halogens is 2. The van der Waals surface area contributed by atoms with Crippen molar-refractivity contribution < 1.29 is 17.9 Å². The van der Waals surface area contributed by atoms with Crippen molar-refractivity contribution in [3.8, 4) is 0 Å². The van der Waals surface area contributed by atoms with Crippen molar-refractivity contribution in [1.29, 1.82) is 0 Å². The highest BCUT2D eigenvalue weighted by Gasteiger charge is 2.33. The monoisotopic (exact) mass is 374 g/mol. The maximum Gasteiger partial charge on any atom is 0.349 e. The molecule has 6 nitrogen and oxygen atoms in total. The number of ether oxygens (including phenoxy) is 1. The number of rotatable bonds is 3. The molecule has 2 heterocycles. The van der Waals surface area contributed by atoms with E-state index >= 15 is 0 Å². The van der Waals surface area contributed by atoms with Crippen LogP contribution < -0.4 is 0 Å². The molecule has 0 saturated carbocycles. The number of piperazine rings is 1. The van der Waals surface area contributed by atoms with Gasteiger partial charge >= 0.3 is 5.97 Å². The van der Waals surface area contributed by atoms with Crippen LogP contribution in [0.1, 0.15) is 9.67 Å². The van der Waals surface area contributed by atoms with Gasteiger partial charge < -0.3 is 9.64 Å². The molecule has 0 atom stereocenters. The van der Waals surface area contributed by atoms with Crippen LogP contribution in [0.4, 0.5) is 0 Å². The number of sulfonamides is 1. The van der Waals surface area contributed by atoms with Gasteiger partial charge in [-0.1, -0.05) is 11.6 Å². The molecule has 120 valence electrons. The minimum absolute atomic E-state index is 0. The van der Waals surface area contributed by atoms with Crippen molar-refractivity contribution in [3.05, 3.63) is 15.3 Å². The Balaban J connectivity index is 0.00000220. The van der Waals surface area contributed by atoms with Gasteiger partial charge in [0.2, 0.25) is 10.0 Å². The van der Waals surface area contributed by atoms with Gasteiger partial charge in [0, 0.05) is 26.2 Å². The van der Waals surface area contributed by atoms with Crippen LogP contribution in [-0.4, -0.2) is 63.9 Å². The summed E-state index contributed by atoms with van der Waals surface area (Å²) < 4.78 is 31.4. The Hall–Kier alpha value is -0.380. The normalized spacial score (nSPS) is 17.3. The molecule has 0 radical (unpaired) electrons. The predicted molar refractivity (Wildman–Crippen MR) is 84.2 cm³/mol. The molecular weight excluding hydrogens is 359 g/mol. The van der Waals surface area contributed by atoms with E-state index in [-0.39, 0.29) is 26.5 Å². The quantitative estimate of drug-likeness (QED) is 0.750. The summed E-state index contributed by atoms with van der Waals surface area (Å²) in [6.45, 7) is 2.11. The van der Waals surface area contributed by atoms with E-state index in [1.54, 1.807) is 0 Å². The Morgan fingerprint density at radius 2 is 1.90 bits per heavy atom. The molecule has 0 bridgehead atoms. The van der Waals surface area contributed by atoms with Crippen LogP contribution in [0.2, 0.25) is 4.34 Å². The van der Waals surface area contributed by atoms with Gasteiger partial charge in [0.1, 0.15) is 9.77 Å². The molecule has 21 heavy (non-hydrogen) atoms. The van der Waals surface area contributed by atoms with Crippen LogP contribution in [0.3, 0.4) is 0 Å². The van der Waals surface area contributed by atoms with Gasteiger partial charge in [-0.3, -0.25) is 0 Å². The first-order valence-electron chi connectivity index (χ1n) is 5.92. The minimum atomic E-state index is -3.72. The van der Waals surface area contributed by atoms with Crippen molar-refractivity contribution in [2.75, 3.05) is 40.3 Å². The Morgan fingerprint density at radius 1 is 1.33 bits per heavy atom. The molecule has 0 N–H and O–H groups in total. The number of hydrogen-bond acceptors (Lipinski definition) is 6. The van der Waals surface area contributed by atoms with E-state index in [0.717, 1.165) is 11.3 Å². The van der Waals surface area contributed by atoms with E-state index in [1.165, 1.54) is 17.5 Å². The van der Waals surface area contributed by atoms with Gasteiger partial charge in [-0.25, -0.2) is 13.2 Å². The van der Waals surface area contributed by atoms with Crippen LogP contribution in [0.5, 0.6) is 0 Å². The molecule has 0 spiro atoms. The molecule has 1 fully saturated rings. The van der Waals surface area contributed by atoms with Crippen LogP contribution in [0.25, 0.3) is 0 Å². The van der Waals surface area contributed by atoms with Crippen molar-refractivity contribution in [3.63, 3.8) is 0 Å². The second-order valence-corrected chi connectivity index (χ2v) is 8.03. The van der Waals surface area contributed by atoms with Crippen LogP contribution in [-0.2, 0) is 14.8 Å². The number of carbonyl (C=O) groups is 1. The molecule has 1 aliphatic rings. The minimum Gasteiger partial charge on any atom is -0.465 e. The number of esters is 1. The third kappa shape index (κ3) is 3.88. The van der Waals surface area contributed by atoms with E-state index in [4.69, 9.17) is 11.6 Å². The Kier molecular flexibility index (Phi) is 6.45. The van der Waals surface area contributed by atoms with Crippen molar-refractivity contribution >= 4 is 51.3 Å². The van der Waals surface area contributed by atoms with E-state index in [9.17, 15) is 13.2 Å². The summed E-state index contributed by atoms with van der Waals surface area (Å²) in [5, 5.41) is 0. The molecule has 0 amide bonds. The van der Waals surface area contributed by atoms with Gasteiger partial charge in [-0.2, -0.15) is 4.31 Å². The smallest absolute Gasteiger partial charge is 0.349 e. The molecule has 2 rings (SSSR count). The Labute approximate surface area is 139 Å². The summed E-state index contributed by atoms with van der Waals surface area (Å²) in [5.74, 6) is -0.686. The van der Waals surface area contributed by atoms with Gasteiger partial charge in [0.15, 0.2) is 0 Å². The summed E-state index contributed by atoms with van der Waals surface area (Å²) >= 11 is 6.77. The van der Waals surface area contributed by atoms with Crippen molar-refractivity contribution in [2.45, 2.75) is 4.90 Å². The van der Waals surface area contributed by atoms with E-state index < -0.39 is 16.0 Å². The van der Waals surface area contributed by atoms with Gasteiger partial charge in [-0.05, 0) is 13.1 Å². The zero-order chi connectivity index (χ0) is 14.9. The average Bonchev–Trinajstić information content (AvgIpc) is 2.81. The number of likely N-dealkylation sites (N-methyl/N-ethyl adjacent to an activating group) is 1. The van der Waals surface area contributed by atoms with Crippen molar-refractivity contribution in [2.24, 2.45) is 0 Å². The summed E-state index contributed by atoms with van der Waals surface area (Å²) in [5.41, 5.74) is 0. The number of nitrogens with zero attached hydrogens (tertiary/aromatic N) is 2. The number of methoxy groups -OCH3 is 1. The zero-order valence-electron chi connectivity index (χ0n) is 11.5. The lowest BCUT2D eigenvalue weighted by Gasteiger charge is -2.31. The van der Waals surface area contributed by atoms with Crippen molar-refractivity contribution in [1.82, 2.24) is 9.21 Å². The first kappa shape index (κ1) is 18.7. The Bertz CT molecular complexity index is 610. The standard InChI is InChI=1S/C11H15ClN2O4S2.ClH/c1-13-3-5-14(6-4-13)20(16,17)8-7-9(12)19-10(8)11(15)18-2;/h7H,3-6H2,1-2H3;1H. The van der Waals surface area contributed by atoms with E-state index in [0.29, 0.717) is 26.2 Å². The largest absolute Gasteiger partial charge is 0.465 e. The van der Waals surface area contributed by atoms with E-state index in [1.807, 2.05) is 11.9 Å². The molecule has 1 saturated heterocycles. The molecule has 0 unspecified atom stereocenters. The second kappa shape index (κ2) is 7.26. The number of thiophene rings is 1. The predicted octanol–water partition coefficient (Wildman–Crippen LogP) is 1.55. The maximum absolute atomic E-state index is 12.6. The van der Waals surface area contributed by atoms with E-state index in [2.05, 4.69) is 4.74 Å². The van der Waals surface area contributed by atoms with Gasteiger partial charge in [0.25, 0.3) is 0 Å². The van der Waals surface area contributed by atoms with Gasteiger partial charge in [-0.15, -0.1) is 23.7 Å². The van der Waals surface area contributed by atoms with Crippen LogP contribution in [0, 0.1) is 0 Å². The van der Waals surface area contributed by atoms with Gasteiger partial charge in [0.05, 0.1) is 11.4 Å². The fourth-order valence-electron chi connectivity index (χ4n) is 1.94. The molecule has 1 aliphatic heterocycles. The fraction of sp³-hybridized carbons (Fsp3) is 0.545. The summed E-state index contributed by atoms with van der Waals surface area (Å²) in [4.78, 5) is 13.7. The SMILES string of the molecule is COC(=O)c1sc(Cl)cc1S(=O)(=O)N1CCN(C)CC1.Cl. The average molecular weight is 375 g/mol. The lowest BCUT2D eigenvalue weighted by Crippen LogP contribution is -2.47. The third-order valence-electron chi connectivity index (χ3n) is 3.12. The molecule has 0 aromatic carbocycles. The summed E-state index contributed by atoms with van der Waals surface area (Å²) in [6.07, 6.45) is 0. The van der Waals surface area contributed by atoms with Crippen LogP contribution >= 0.6 is 35.3 Å². The number of carbonyl (C=O) groups excluding carboxylic acids is 1.